The zero-order chi connectivity index (χ0) is 20.0. The summed E-state index contributed by atoms with van der Waals surface area (Å²) in [5.41, 5.74) is 0.552. The average molecular weight is 429 g/mol. The van der Waals surface area contributed by atoms with E-state index in [9.17, 15) is 4.79 Å². The van der Waals surface area contributed by atoms with Crippen LogP contribution in [-0.2, 0) is 4.79 Å². The van der Waals surface area contributed by atoms with Gasteiger partial charge >= 0.3 is 0 Å². The normalized spacial score (nSPS) is 11.3. The average Bonchev–Trinajstić information content (AvgIpc) is 2.63. The first-order valence-electron chi connectivity index (χ1n) is 7.79. The van der Waals surface area contributed by atoms with Gasteiger partial charge in [-0.1, -0.05) is 23.2 Å². The van der Waals surface area contributed by atoms with Crippen molar-refractivity contribution in [3.8, 4) is 17.2 Å². The number of hydrogen-bond acceptors (Lipinski definition) is 5. The molecule has 0 fully saturated rings. The van der Waals surface area contributed by atoms with E-state index in [1.54, 1.807) is 44.4 Å². The summed E-state index contributed by atoms with van der Waals surface area (Å²) in [6.07, 6.45) is -0.837. The summed E-state index contributed by atoms with van der Waals surface area (Å²) in [7, 11) is 3.08. The van der Waals surface area contributed by atoms with E-state index in [0.29, 0.717) is 33.0 Å². The first-order valence-corrected chi connectivity index (χ1v) is 8.96. The Morgan fingerprint density at radius 2 is 1.78 bits per heavy atom. The van der Waals surface area contributed by atoms with Crippen LogP contribution in [0.3, 0.4) is 0 Å². The van der Waals surface area contributed by atoms with E-state index in [2.05, 4.69) is 10.6 Å². The lowest BCUT2D eigenvalue weighted by molar-refractivity contribution is -0.125. The zero-order valence-electron chi connectivity index (χ0n) is 14.8. The Kier molecular flexibility index (Phi) is 7.53. The SMILES string of the molecule is COc1ccc(OC)c(NC(=S)NC(=O)C(C)Oc2ccc(Cl)cc2Cl)c1. The maximum atomic E-state index is 12.3. The maximum absolute atomic E-state index is 12.3. The summed E-state index contributed by atoms with van der Waals surface area (Å²) >= 11 is 17.1. The van der Waals surface area contributed by atoms with Crippen molar-refractivity contribution in [2.75, 3.05) is 19.5 Å². The van der Waals surface area contributed by atoms with Gasteiger partial charge in [0.1, 0.15) is 17.2 Å². The lowest BCUT2D eigenvalue weighted by atomic mass is 10.2. The molecule has 0 aliphatic rings. The number of benzene rings is 2. The molecule has 0 aliphatic heterocycles. The third-order valence-corrected chi connectivity index (χ3v) is 4.19. The van der Waals surface area contributed by atoms with Crippen LogP contribution in [0.2, 0.25) is 10.0 Å². The van der Waals surface area contributed by atoms with Crippen molar-refractivity contribution in [1.29, 1.82) is 0 Å². The Bertz CT molecular complexity index is 848. The Morgan fingerprint density at radius 3 is 2.41 bits per heavy atom. The molecule has 1 amide bonds. The highest BCUT2D eigenvalue weighted by atomic mass is 35.5. The topological polar surface area (TPSA) is 68.8 Å². The first kappa shape index (κ1) is 21.1. The monoisotopic (exact) mass is 428 g/mol. The van der Waals surface area contributed by atoms with Crippen LogP contribution in [0.15, 0.2) is 36.4 Å². The van der Waals surface area contributed by atoms with Crippen molar-refractivity contribution in [2.45, 2.75) is 13.0 Å². The van der Waals surface area contributed by atoms with Crippen LogP contribution in [0.25, 0.3) is 0 Å². The Labute approximate surface area is 172 Å². The minimum Gasteiger partial charge on any atom is -0.497 e. The summed E-state index contributed by atoms with van der Waals surface area (Å²) in [4.78, 5) is 12.3. The molecule has 0 aliphatic carbocycles. The molecule has 0 saturated carbocycles. The maximum Gasteiger partial charge on any atom is 0.266 e. The molecule has 2 aromatic carbocycles. The molecular weight excluding hydrogens is 411 g/mol. The van der Waals surface area contributed by atoms with Gasteiger partial charge in [-0.15, -0.1) is 0 Å². The standard InChI is InChI=1S/C18H18Cl2N2O4S/c1-10(26-15-6-4-11(19)8-13(15)20)17(23)22-18(27)21-14-9-12(24-2)5-7-16(14)25-3/h4-10H,1-3H3,(H2,21,22,23,27). The molecule has 2 rings (SSSR count). The lowest BCUT2D eigenvalue weighted by Gasteiger charge is -2.17. The van der Waals surface area contributed by atoms with E-state index in [-0.39, 0.29) is 5.11 Å². The first-order chi connectivity index (χ1) is 12.8. The molecule has 0 spiro atoms. The Hall–Kier alpha value is -2.22. The zero-order valence-corrected chi connectivity index (χ0v) is 17.2. The molecule has 2 aromatic rings. The number of anilines is 1. The third kappa shape index (κ3) is 5.89. The highest BCUT2D eigenvalue weighted by Gasteiger charge is 2.18. The van der Waals surface area contributed by atoms with Crippen LogP contribution in [0.1, 0.15) is 6.92 Å². The number of thiocarbonyl (C=S) groups is 1. The second-order valence-corrected chi connectivity index (χ2v) is 6.60. The van der Waals surface area contributed by atoms with Crippen LogP contribution in [0.4, 0.5) is 5.69 Å². The number of methoxy groups -OCH3 is 2. The van der Waals surface area contributed by atoms with Gasteiger partial charge < -0.3 is 19.5 Å². The predicted molar refractivity (Wildman–Crippen MR) is 110 cm³/mol. The highest BCUT2D eigenvalue weighted by Crippen LogP contribution is 2.29. The van der Waals surface area contributed by atoms with Gasteiger partial charge in [-0.2, -0.15) is 0 Å². The van der Waals surface area contributed by atoms with Crippen molar-refractivity contribution >= 4 is 52.1 Å². The minimum atomic E-state index is -0.837. The molecule has 2 N–H and O–H groups in total. The highest BCUT2D eigenvalue weighted by molar-refractivity contribution is 7.80. The van der Waals surface area contributed by atoms with E-state index >= 15 is 0 Å². The van der Waals surface area contributed by atoms with E-state index in [1.165, 1.54) is 13.2 Å². The molecule has 144 valence electrons. The molecular formula is C18H18Cl2N2O4S. The van der Waals surface area contributed by atoms with Crippen molar-refractivity contribution < 1.29 is 19.0 Å². The summed E-state index contributed by atoms with van der Waals surface area (Å²) in [5.74, 6) is 1.06. The Morgan fingerprint density at radius 1 is 1.07 bits per heavy atom. The van der Waals surface area contributed by atoms with Gasteiger partial charge in [-0.3, -0.25) is 10.1 Å². The van der Waals surface area contributed by atoms with Gasteiger partial charge in [0, 0.05) is 11.1 Å². The number of ether oxygens (including phenoxy) is 3. The van der Waals surface area contributed by atoms with Crippen LogP contribution < -0.4 is 24.8 Å². The molecule has 0 saturated heterocycles. The Balaban J connectivity index is 1.99. The minimum absolute atomic E-state index is 0.0872. The smallest absolute Gasteiger partial charge is 0.266 e. The summed E-state index contributed by atoms with van der Waals surface area (Å²) in [6, 6.07) is 9.91. The van der Waals surface area contributed by atoms with Gasteiger partial charge in [0.2, 0.25) is 0 Å². The molecule has 6 nitrogen and oxygen atoms in total. The molecule has 0 heterocycles. The summed E-state index contributed by atoms with van der Waals surface area (Å²) in [5, 5.41) is 6.33. The molecule has 27 heavy (non-hydrogen) atoms. The second kappa shape index (κ2) is 9.64. The van der Waals surface area contributed by atoms with Crippen molar-refractivity contribution in [3.63, 3.8) is 0 Å². The van der Waals surface area contributed by atoms with Gasteiger partial charge in [0.15, 0.2) is 11.2 Å². The molecule has 0 aromatic heterocycles. The van der Waals surface area contributed by atoms with E-state index in [1.807, 2.05) is 0 Å². The third-order valence-electron chi connectivity index (χ3n) is 3.46. The van der Waals surface area contributed by atoms with Crippen molar-refractivity contribution in [3.05, 3.63) is 46.4 Å². The fourth-order valence-corrected chi connectivity index (χ4v) is 2.76. The van der Waals surface area contributed by atoms with Crippen LogP contribution in [0, 0.1) is 0 Å². The number of nitrogens with one attached hydrogen (secondary N) is 2. The fourth-order valence-electron chi connectivity index (χ4n) is 2.09. The van der Waals surface area contributed by atoms with Gasteiger partial charge in [0.05, 0.1) is 24.9 Å². The van der Waals surface area contributed by atoms with Gasteiger partial charge in [-0.05, 0) is 49.5 Å². The molecule has 1 unspecified atom stereocenters. The van der Waals surface area contributed by atoms with Crippen LogP contribution in [-0.4, -0.2) is 31.3 Å². The van der Waals surface area contributed by atoms with E-state index in [4.69, 9.17) is 49.6 Å². The van der Waals surface area contributed by atoms with Crippen LogP contribution >= 0.6 is 35.4 Å². The fraction of sp³-hybridized carbons (Fsp3) is 0.222. The molecule has 9 heteroatoms. The molecule has 0 bridgehead atoms. The number of amides is 1. The predicted octanol–water partition coefficient (Wildman–Crippen LogP) is 4.29. The second-order valence-electron chi connectivity index (χ2n) is 5.34. The lowest BCUT2D eigenvalue weighted by Crippen LogP contribution is -2.42. The van der Waals surface area contributed by atoms with Gasteiger partial charge in [-0.25, -0.2) is 0 Å². The van der Waals surface area contributed by atoms with Gasteiger partial charge in [0.25, 0.3) is 5.91 Å². The quantitative estimate of drug-likeness (QED) is 0.668. The summed E-state index contributed by atoms with van der Waals surface area (Å²) < 4.78 is 16.0. The molecule has 1 atom stereocenters. The molecule has 0 radical (unpaired) electrons. The largest absolute Gasteiger partial charge is 0.497 e. The van der Waals surface area contributed by atoms with Crippen molar-refractivity contribution in [2.24, 2.45) is 0 Å². The summed E-state index contributed by atoms with van der Waals surface area (Å²) in [6.45, 7) is 1.58. The number of carbonyl (C=O) groups is 1. The van der Waals surface area contributed by atoms with E-state index < -0.39 is 12.0 Å². The van der Waals surface area contributed by atoms with Crippen LogP contribution in [0.5, 0.6) is 17.2 Å². The number of rotatable bonds is 6. The number of carbonyl (C=O) groups excluding carboxylic acids is 1. The number of hydrogen-bond donors (Lipinski definition) is 2. The van der Waals surface area contributed by atoms with Crippen molar-refractivity contribution in [1.82, 2.24) is 5.32 Å². The number of halogens is 2. The van der Waals surface area contributed by atoms with E-state index in [0.717, 1.165) is 0 Å².